The highest BCUT2D eigenvalue weighted by molar-refractivity contribution is 5.90. The number of methoxy groups -OCH3 is 1. The molecule has 0 fully saturated rings. The van der Waals surface area contributed by atoms with E-state index in [1.165, 1.54) is 10.9 Å². The van der Waals surface area contributed by atoms with Gasteiger partial charge in [-0.1, -0.05) is 12.1 Å². The molecule has 0 aliphatic rings. The molecule has 0 saturated heterocycles. The summed E-state index contributed by atoms with van der Waals surface area (Å²) in [6.45, 7) is 0.855. The molecule has 8 nitrogen and oxygen atoms in total. The monoisotopic (exact) mass is 376 g/mol. The number of nitrogens with one attached hydrogen (secondary N) is 2. The summed E-state index contributed by atoms with van der Waals surface area (Å²) in [7, 11) is 1.55. The zero-order chi connectivity index (χ0) is 19.2. The maximum atomic E-state index is 13.1. The highest BCUT2D eigenvalue weighted by atomic mass is 19.3. The van der Waals surface area contributed by atoms with Gasteiger partial charge in [0, 0.05) is 25.2 Å². The number of hydrogen-bond acceptors (Lipinski definition) is 6. The number of ether oxygens (including phenoxy) is 1. The first-order valence-corrected chi connectivity index (χ1v) is 8.17. The summed E-state index contributed by atoms with van der Waals surface area (Å²) in [6, 6.07) is 6.86. The number of fused-ring (bicyclic) bond motifs is 1. The van der Waals surface area contributed by atoms with Crippen LogP contribution in [0.5, 0.6) is 0 Å². The number of para-hydroxylation sites is 1. The third-order valence-electron chi connectivity index (χ3n) is 3.65. The van der Waals surface area contributed by atoms with Crippen molar-refractivity contribution in [1.29, 1.82) is 0 Å². The Morgan fingerprint density at radius 2 is 2.11 bits per heavy atom. The summed E-state index contributed by atoms with van der Waals surface area (Å²) in [4.78, 5) is 19.6. The number of alkyl halides is 2. The van der Waals surface area contributed by atoms with Gasteiger partial charge in [0.2, 0.25) is 5.91 Å². The SMILES string of the molecule is COCCNC(=O)Cn1cc(Nc2nc(C(F)F)nc3ccccc23)cn1. The van der Waals surface area contributed by atoms with Crippen LogP contribution in [0.15, 0.2) is 36.7 Å². The van der Waals surface area contributed by atoms with Gasteiger partial charge >= 0.3 is 0 Å². The molecule has 0 bridgehead atoms. The molecule has 3 rings (SSSR count). The van der Waals surface area contributed by atoms with Crippen LogP contribution < -0.4 is 10.6 Å². The second-order valence-electron chi connectivity index (χ2n) is 5.64. The summed E-state index contributed by atoms with van der Waals surface area (Å²) < 4.78 is 32.4. The van der Waals surface area contributed by atoms with Crippen LogP contribution in [-0.2, 0) is 16.1 Å². The van der Waals surface area contributed by atoms with Gasteiger partial charge in [0.1, 0.15) is 12.4 Å². The molecular weight excluding hydrogens is 358 g/mol. The maximum Gasteiger partial charge on any atom is 0.297 e. The zero-order valence-corrected chi connectivity index (χ0v) is 14.5. The van der Waals surface area contributed by atoms with Crippen LogP contribution in [0.25, 0.3) is 10.9 Å². The lowest BCUT2D eigenvalue weighted by Gasteiger charge is -2.09. The minimum absolute atomic E-state index is 0.0260. The molecule has 0 saturated carbocycles. The third kappa shape index (κ3) is 4.73. The van der Waals surface area contributed by atoms with Crippen LogP contribution in [-0.4, -0.2) is 45.9 Å². The van der Waals surface area contributed by atoms with Crippen molar-refractivity contribution in [3.05, 3.63) is 42.5 Å². The van der Waals surface area contributed by atoms with Gasteiger partial charge in [0.05, 0.1) is 24.0 Å². The molecule has 0 unspecified atom stereocenters. The molecule has 0 aliphatic carbocycles. The van der Waals surface area contributed by atoms with Gasteiger partial charge in [-0.25, -0.2) is 18.7 Å². The predicted molar refractivity (Wildman–Crippen MR) is 94.9 cm³/mol. The fourth-order valence-corrected chi connectivity index (χ4v) is 2.43. The maximum absolute atomic E-state index is 13.1. The summed E-state index contributed by atoms with van der Waals surface area (Å²) in [5, 5.41) is 10.3. The van der Waals surface area contributed by atoms with Crippen molar-refractivity contribution < 1.29 is 18.3 Å². The van der Waals surface area contributed by atoms with E-state index in [4.69, 9.17) is 4.74 Å². The molecule has 2 aromatic heterocycles. The largest absolute Gasteiger partial charge is 0.383 e. The summed E-state index contributed by atoms with van der Waals surface area (Å²) in [6.07, 6.45) is 0.296. The number of halogens is 2. The van der Waals surface area contributed by atoms with E-state index in [0.29, 0.717) is 29.7 Å². The molecule has 1 amide bonds. The van der Waals surface area contributed by atoms with Crippen LogP contribution >= 0.6 is 0 Å². The summed E-state index contributed by atoms with van der Waals surface area (Å²) in [5.74, 6) is -0.518. The van der Waals surface area contributed by atoms with E-state index in [1.807, 2.05) is 0 Å². The van der Waals surface area contributed by atoms with E-state index in [-0.39, 0.29) is 18.3 Å². The molecule has 2 N–H and O–H groups in total. The number of carbonyl (C=O) groups excluding carboxylic acids is 1. The molecular formula is C17H18F2N6O2. The second kappa shape index (κ2) is 8.49. The molecule has 3 aromatic rings. The molecule has 10 heteroatoms. The number of rotatable bonds is 8. The standard InChI is InChI=1S/C17H18F2N6O2/c1-27-7-6-20-14(26)10-25-9-11(8-21-25)22-16-12-4-2-3-5-13(12)23-17(24-16)15(18)19/h2-5,8-9,15H,6-7,10H2,1H3,(H,20,26)(H,22,23,24). The number of amides is 1. The van der Waals surface area contributed by atoms with Crippen molar-refractivity contribution in [1.82, 2.24) is 25.1 Å². The summed E-state index contributed by atoms with van der Waals surface area (Å²) >= 11 is 0. The zero-order valence-electron chi connectivity index (χ0n) is 14.5. The molecule has 142 valence electrons. The molecule has 27 heavy (non-hydrogen) atoms. The van der Waals surface area contributed by atoms with Gasteiger partial charge in [-0.05, 0) is 12.1 Å². The first-order valence-electron chi connectivity index (χ1n) is 8.17. The van der Waals surface area contributed by atoms with E-state index in [2.05, 4.69) is 25.7 Å². The van der Waals surface area contributed by atoms with Gasteiger partial charge in [-0.3, -0.25) is 9.48 Å². The van der Waals surface area contributed by atoms with Crippen molar-refractivity contribution in [2.24, 2.45) is 0 Å². The van der Waals surface area contributed by atoms with Crippen molar-refractivity contribution >= 4 is 28.3 Å². The first-order chi connectivity index (χ1) is 13.1. The lowest BCUT2D eigenvalue weighted by Crippen LogP contribution is -2.30. The lowest BCUT2D eigenvalue weighted by molar-refractivity contribution is -0.122. The van der Waals surface area contributed by atoms with Gasteiger partial charge in [-0.2, -0.15) is 5.10 Å². The number of anilines is 2. The van der Waals surface area contributed by atoms with Crippen molar-refractivity contribution in [2.75, 3.05) is 25.6 Å². The van der Waals surface area contributed by atoms with Gasteiger partial charge in [0.25, 0.3) is 6.43 Å². The summed E-state index contributed by atoms with van der Waals surface area (Å²) in [5.41, 5.74) is 0.930. The Bertz CT molecular complexity index is 931. The van der Waals surface area contributed by atoms with E-state index < -0.39 is 12.2 Å². The van der Waals surface area contributed by atoms with Crippen molar-refractivity contribution in [3.8, 4) is 0 Å². The van der Waals surface area contributed by atoms with Gasteiger partial charge in [-0.15, -0.1) is 0 Å². The topological polar surface area (TPSA) is 94.0 Å². The molecule has 0 aliphatic heterocycles. The van der Waals surface area contributed by atoms with Crippen molar-refractivity contribution in [2.45, 2.75) is 13.0 Å². The fraction of sp³-hybridized carbons (Fsp3) is 0.294. The average Bonchev–Trinajstić information content (AvgIpc) is 3.08. The predicted octanol–water partition coefficient (Wildman–Crippen LogP) is 2.27. The second-order valence-corrected chi connectivity index (χ2v) is 5.64. The van der Waals surface area contributed by atoms with Crippen LogP contribution in [0.1, 0.15) is 12.2 Å². The fourth-order valence-electron chi connectivity index (χ4n) is 2.43. The van der Waals surface area contributed by atoms with E-state index in [1.54, 1.807) is 37.6 Å². The highest BCUT2D eigenvalue weighted by Gasteiger charge is 2.15. The number of aromatic nitrogens is 4. The number of nitrogens with zero attached hydrogens (tertiary/aromatic N) is 4. The molecule has 2 heterocycles. The highest BCUT2D eigenvalue weighted by Crippen LogP contribution is 2.26. The molecule has 0 radical (unpaired) electrons. The van der Waals surface area contributed by atoms with E-state index in [9.17, 15) is 13.6 Å². The quantitative estimate of drug-likeness (QED) is 0.586. The third-order valence-corrected chi connectivity index (χ3v) is 3.65. The molecule has 1 aromatic carbocycles. The Labute approximate surface area is 153 Å². The van der Waals surface area contributed by atoms with Gasteiger partial charge in [0.15, 0.2) is 5.82 Å². The van der Waals surface area contributed by atoms with E-state index >= 15 is 0 Å². The Balaban J connectivity index is 1.76. The number of carbonyl (C=O) groups is 1. The Hall–Kier alpha value is -3.14. The Morgan fingerprint density at radius 1 is 1.30 bits per heavy atom. The molecule has 0 atom stereocenters. The lowest BCUT2D eigenvalue weighted by atomic mass is 10.2. The van der Waals surface area contributed by atoms with E-state index in [0.717, 1.165) is 0 Å². The van der Waals surface area contributed by atoms with Crippen LogP contribution in [0.2, 0.25) is 0 Å². The minimum atomic E-state index is -2.78. The normalized spacial score (nSPS) is 11.1. The molecule has 0 spiro atoms. The minimum Gasteiger partial charge on any atom is -0.383 e. The number of hydrogen-bond donors (Lipinski definition) is 2. The number of benzene rings is 1. The Kier molecular flexibility index (Phi) is 5.87. The first kappa shape index (κ1) is 18.6. The average molecular weight is 376 g/mol. The van der Waals surface area contributed by atoms with Crippen molar-refractivity contribution in [3.63, 3.8) is 0 Å². The smallest absolute Gasteiger partial charge is 0.297 e. The van der Waals surface area contributed by atoms with Crippen LogP contribution in [0, 0.1) is 0 Å². The van der Waals surface area contributed by atoms with Crippen LogP contribution in [0.3, 0.4) is 0 Å². The van der Waals surface area contributed by atoms with Gasteiger partial charge < -0.3 is 15.4 Å². The van der Waals surface area contributed by atoms with Crippen LogP contribution in [0.4, 0.5) is 20.3 Å². The Morgan fingerprint density at radius 3 is 2.89 bits per heavy atom.